The van der Waals surface area contributed by atoms with Crippen LogP contribution in [-0.4, -0.2) is 89.0 Å². The van der Waals surface area contributed by atoms with Gasteiger partial charge in [0.15, 0.2) is 0 Å². The van der Waals surface area contributed by atoms with E-state index in [0.29, 0.717) is 41.5 Å². The zero-order valence-corrected chi connectivity index (χ0v) is 50.3. The van der Waals surface area contributed by atoms with Crippen LogP contribution in [0.4, 0.5) is 0 Å². The first-order valence-corrected chi connectivity index (χ1v) is 42.3. The van der Waals surface area contributed by atoms with Crippen LogP contribution in [0.3, 0.4) is 0 Å². The van der Waals surface area contributed by atoms with E-state index in [2.05, 4.69) is 0 Å². The molecule has 0 saturated carbocycles. The highest BCUT2D eigenvalue weighted by Gasteiger charge is 2.82. The van der Waals surface area contributed by atoms with Crippen molar-refractivity contribution < 1.29 is 57.6 Å². The lowest BCUT2D eigenvalue weighted by molar-refractivity contribution is 0.0302. The average molecular weight is 1150 g/mol. The number of hydrogen-bond donors (Lipinski definition) is 0. The van der Waals surface area contributed by atoms with Gasteiger partial charge in [0.2, 0.25) is 0 Å². The third kappa shape index (κ3) is 8.45. The summed E-state index contributed by atoms with van der Waals surface area (Å²) in [5.41, 5.74) is 0. The molecule has 14 nitrogen and oxygen atoms in total. The van der Waals surface area contributed by atoms with Gasteiger partial charge in [-0.2, -0.15) is 0 Å². The van der Waals surface area contributed by atoms with E-state index >= 15 is 0 Å². The van der Waals surface area contributed by atoms with Crippen LogP contribution < -0.4 is 41.5 Å². The maximum Gasteiger partial charge on any atom is 0.515 e. The number of hydrogen-bond acceptors (Lipinski definition) is 14. The third-order valence-corrected chi connectivity index (χ3v) is 53.1. The summed E-state index contributed by atoms with van der Waals surface area (Å²) >= 11 is 0. The highest BCUT2D eigenvalue weighted by atomic mass is 28.6. The van der Waals surface area contributed by atoms with Crippen molar-refractivity contribution in [1.82, 2.24) is 0 Å². The zero-order chi connectivity index (χ0) is 50.0. The summed E-state index contributed by atoms with van der Waals surface area (Å²) in [7, 11) is -45.3. The monoisotopic (exact) mass is 1150 g/mol. The molecule has 8 aromatic carbocycles. The molecular weight excluding hydrogens is 1110 g/mol. The molecule has 8 bridgehead atoms. The molecule has 24 heteroatoms. The molecule has 0 radical (unpaired) electrons. The van der Waals surface area contributed by atoms with Crippen molar-refractivity contribution in [3.8, 4) is 0 Å². The van der Waals surface area contributed by atoms with Crippen molar-refractivity contribution >= 4 is 130 Å². The lowest BCUT2D eigenvalue weighted by atomic mass is 10.4. The summed E-state index contributed by atoms with van der Waals surface area (Å²) in [5.74, 6) is 0. The average Bonchev–Trinajstić information content (AvgIpc) is 3.46. The second kappa shape index (κ2) is 19.1. The topological polar surface area (TPSA) is 129 Å². The predicted octanol–water partition coefficient (Wildman–Crippen LogP) is 2.76. The molecule has 372 valence electrons. The molecule has 8 aromatic rings. The largest absolute Gasteiger partial charge is 0.515 e. The normalized spacial score (nSPS) is 34.6. The van der Waals surface area contributed by atoms with Gasteiger partial charge < -0.3 is 57.6 Å². The summed E-state index contributed by atoms with van der Waals surface area (Å²) in [6.45, 7) is 3.87. The van der Waals surface area contributed by atoms with Crippen molar-refractivity contribution in [2.24, 2.45) is 0 Å². The lowest BCUT2D eigenvalue weighted by Crippen LogP contribution is -2.92. The predicted molar refractivity (Wildman–Crippen MR) is 296 cm³/mol. The standard InChI is InChI=1S/C50H48O14Si10/c1-65-51-67(43-27-11-3-12-28-43)55-71(47-35-19-7-20-36-47)59-69(45-31-15-5-16-32-45)53-66(2)54-70(46-33-17-6-18-34-46)61-73(63-71,49-39-23-9-24-40-49)57-68(52-65,44-29-13-4-14-30-44)58-74(62-70,50-41-25-10-26-42-50)64-72(56-67,60-69)48-37-21-8-22-38-48/h3-42,65-66H,1-2H3. The second-order valence-electron chi connectivity index (χ2n) is 18.0. The van der Waals surface area contributed by atoms with Crippen molar-refractivity contribution in [3.63, 3.8) is 0 Å². The first kappa shape index (κ1) is 49.0. The van der Waals surface area contributed by atoms with Crippen molar-refractivity contribution in [1.29, 1.82) is 0 Å². The van der Waals surface area contributed by atoms with Crippen molar-refractivity contribution in [2.45, 2.75) is 13.1 Å². The Bertz CT molecular complexity index is 2780. The van der Waals surface area contributed by atoms with Gasteiger partial charge in [-0.1, -0.05) is 243 Å². The third-order valence-electron chi connectivity index (χ3n) is 13.0. The first-order chi connectivity index (χ1) is 36.1. The Morgan fingerprint density at radius 1 is 0.189 bits per heavy atom. The maximum absolute atomic E-state index is 8.32. The number of benzene rings is 8. The minimum absolute atomic E-state index is 0.532. The van der Waals surface area contributed by atoms with Crippen LogP contribution >= 0.6 is 0 Å². The summed E-state index contributed by atoms with van der Waals surface area (Å²) < 4.78 is 113. The Kier molecular flexibility index (Phi) is 12.7. The molecule has 6 aliphatic heterocycles. The van der Waals surface area contributed by atoms with Gasteiger partial charge in [0.1, 0.15) is 0 Å². The molecule has 0 N–H and O–H groups in total. The van der Waals surface area contributed by atoms with Crippen LogP contribution in [0, 0.1) is 0 Å². The Morgan fingerprint density at radius 3 is 0.459 bits per heavy atom. The summed E-state index contributed by atoms with van der Waals surface area (Å²) in [5, 5.41) is 4.45. The molecule has 74 heavy (non-hydrogen) atoms. The Morgan fingerprint density at radius 2 is 0.311 bits per heavy atom. The fourth-order valence-electron chi connectivity index (χ4n) is 9.81. The van der Waals surface area contributed by atoms with Crippen LogP contribution in [0.2, 0.25) is 13.1 Å². The number of fused-ring (bicyclic) bond motifs is 4. The smallest absolute Gasteiger partial charge is 0.393 e. The maximum atomic E-state index is 8.32. The Labute approximate surface area is 441 Å². The molecule has 14 rings (SSSR count). The van der Waals surface area contributed by atoms with Crippen LogP contribution in [0.1, 0.15) is 0 Å². The molecule has 6 saturated heterocycles. The summed E-state index contributed by atoms with van der Waals surface area (Å²) in [6, 6.07) is 77.2. The van der Waals surface area contributed by atoms with Gasteiger partial charge in [0.25, 0.3) is 0 Å². The molecule has 6 heterocycles. The Hall–Kier alpha value is -4.63. The molecule has 0 amide bonds. The van der Waals surface area contributed by atoms with Crippen LogP contribution in [0.25, 0.3) is 0 Å². The molecule has 0 aromatic heterocycles. The Balaban J connectivity index is 1.29. The van der Waals surface area contributed by atoms with E-state index in [4.69, 9.17) is 57.6 Å². The van der Waals surface area contributed by atoms with Crippen LogP contribution in [0.5, 0.6) is 0 Å². The van der Waals surface area contributed by atoms with Gasteiger partial charge in [-0.3, -0.25) is 0 Å². The zero-order valence-electron chi connectivity index (χ0n) is 40.0. The van der Waals surface area contributed by atoms with Gasteiger partial charge in [-0.05, 0) is 13.1 Å². The van der Waals surface area contributed by atoms with E-state index in [0.717, 1.165) is 0 Å². The van der Waals surface area contributed by atoms with E-state index in [9.17, 15) is 0 Å². The quantitative estimate of drug-likeness (QED) is 0.207. The molecular formula is C50H48O14Si10. The van der Waals surface area contributed by atoms with Crippen molar-refractivity contribution in [2.75, 3.05) is 0 Å². The minimum Gasteiger partial charge on any atom is -0.393 e. The molecule has 6 aliphatic rings. The van der Waals surface area contributed by atoms with Gasteiger partial charge in [0.05, 0.1) is 0 Å². The summed E-state index contributed by atoms with van der Waals surface area (Å²) in [6.07, 6.45) is 0. The molecule has 0 unspecified atom stereocenters. The summed E-state index contributed by atoms with van der Waals surface area (Å²) in [4.78, 5) is 0. The van der Waals surface area contributed by atoms with Crippen LogP contribution in [-0.2, 0) is 57.6 Å². The lowest BCUT2D eigenvalue weighted by Gasteiger charge is -2.59. The second-order valence-corrected chi connectivity index (χ2v) is 45.7. The fraction of sp³-hybridized carbons (Fsp3) is 0.0400. The van der Waals surface area contributed by atoms with E-state index in [-0.39, 0.29) is 0 Å². The van der Waals surface area contributed by atoms with E-state index in [1.807, 2.05) is 256 Å². The van der Waals surface area contributed by atoms with Gasteiger partial charge in [0, 0.05) is 41.5 Å². The fourth-order valence-corrected chi connectivity index (χ4v) is 62.3. The van der Waals surface area contributed by atoms with Gasteiger partial charge in [-0.15, -0.1) is 0 Å². The van der Waals surface area contributed by atoms with Gasteiger partial charge >= 0.3 is 89.0 Å². The van der Waals surface area contributed by atoms with Crippen molar-refractivity contribution in [3.05, 3.63) is 243 Å². The molecule has 0 atom stereocenters. The van der Waals surface area contributed by atoms with Crippen LogP contribution in [0.15, 0.2) is 243 Å². The molecule has 0 aliphatic carbocycles. The highest BCUT2D eigenvalue weighted by molar-refractivity contribution is 7.11. The first-order valence-electron chi connectivity index (χ1n) is 24.3. The molecule has 0 spiro atoms. The van der Waals surface area contributed by atoms with E-state index < -0.39 is 89.0 Å². The SMILES string of the molecule is C[SiH]1O[Si]2(c3ccccc3)O[Si]3(c4ccccc4)O[Si]4(c5ccccc5)O[SiH](C)O[Si]5(c6ccccc6)O[Si](c6ccccc6)(O[Si](c6ccccc6)(O1)O[Si](c1ccccc1)(O5)O[Si](c1ccccc1)(O2)O4)O3. The van der Waals surface area contributed by atoms with Gasteiger partial charge in [-0.25, -0.2) is 0 Å². The van der Waals surface area contributed by atoms with E-state index in [1.165, 1.54) is 0 Å². The molecule has 6 fully saturated rings. The minimum atomic E-state index is -4.97. The highest BCUT2D eigenvalue weighted by Crippen LogP contribution is 2.45. The number of rotatable bonds is 8. The van der Waals surface area contributed by atoms with E-state index in [1.54, 1.807) is 0 Å².